The number of rotatable bonds is 10. The van der Waals surface area contributed by atoms with E-state index >= 15 is 0 Å². The minimum atomic E-state index is 0. The second-order valence-corrected chi connectivity index (χ2v) is 5.36. The first kappa shape index (κ1) is 17.6. The van der Waals surface area contributed by atoms with Crippen molar-refractivity contribution in [1.29, 1.82) is 0 Å². The van der Waals surface area contributed by atoms with Crippen LogP contribution in [-0.2, 0) is 13.5 Å². The maximum Gasteiger partial charge on any atom is -0.813 e. The minimum absolute atomic E-state index is 0. The maximum atomic E-state index is 2.28. The Bertz CT molecular complexity index is 76.4. The Balaban J connectivity index is 0. The molecular weight excluding hydrogens is 298 g/mol. The molecule has 0 aliphatic carbocycles. The molecular formula is C12H27SSb-. The summed E-state index contributed by atoms with van der Waals surface area (Å²) in [7, 11) is 0. The van der Waals surface area contributed by atoms with Gasteiger partial charge in [0.1, 0.15) is 0 Å². The summed E-state index contributed by atoms with van der Waals surface area (Å²) >= 11 is 1.72. The van der Waals surface area contributed by atoms with Crippen LogP contribution in [0.3, 0.4) is 0 Å². The molecule has 0 N–H and O–H groups in total. The van der Waals surface area contributed by atoms with Crippen molar-refractivity contribution in [3.05, 3.63) is 0 Å². The standard InChI is InChI=1S/C12H25.H2S.Sb.H/c1-3-5-7-9-11-12-10-8-6-4-2;;;/h1,3-12H2,2H3;1H2;;/p-1. The minimum Gasteiger partial charge on any atom is -0.813 e. The van der Waals surface area contributed by atoms with E-state index in [1.54, 1.807) is 23.0 Å². The predicted octanol–water partition coefficient (Wildman–Crippen LogP) is 3.96. The number of unbranched alkanes of at least 4 members (excludes halogenated alkanes) is 9. The third-order valence-corrected chi connectivity index (χ3v) is 3.54. The summed E-state index contributed by atoms with van der Waals surface area (Å²) in [6, 6.07) is 0. The topological polar surface area (TPSA) is 0 Å². The van der Waals surface area contributed by atoms with E-state index in [0.29, 0.717) is 0 Å². The fourth-order valence-corrected chi connectivity index (χ4v) is 2.33. The van der Waals surface area contributed by atoms with Gasteiger partial charge < -0.3 is 13.5 Å². The Morgan fingerprint density at radius 1 is 0.643 bits per heavy atom. The first-order chi connectivity index (χ1) is 6.41. The predicted molar refractivity (Wildman–Crippen MR) is 72.6 cm³/mol. The smallest absolute Gasteiger partial charge is 0.813 e. The first-order valence-electron chi connectivity index (χ1n) is 6.06. The zero-order valence-corrected chi connectivity index (χ0v) is 13.5. The molecule has 0 unspecified atom stereocenters. The van der Waals surface area contributed by atoms with Crippen molar-refractivity contribution in [2.24, 2.45) is 0 Å². The van der Waals surface area contributed by atoms with Gasteiger partial charge >= 0.3 is 98.5 Å². The van der Waals surface area contributed by atoms with Gasteiger partial charge in [-0.25, -0.2) is 0 Å². The molecule has 0 bridgehead atoms. The van der Waals surface area contributed by atoms with E-state index < -0.39 is 0 Å². The van der Waals surface area contributed by atoms with Crippen LogP contribution in [0.25, 0.3) is 0 Å². The van der Waals surface area contributed by atoms with Gasteiger partial charge in [0.15, 0.2) is 0 Å². The van der Waals surface area contributed by atoms with Crippen LogP contribution < -0.4 is 0 Å². The van der Waals surface area contributed by atoms with Gasteiger partial charge in [-0.15, -0.1) is 0 Å². The van der Waals surface area contributed by atoms with Crippen LogP contribution in [0, 0.1) is 0 Å². The molecule has 0 atom stereocenters. The fraction of sp³-hybridized carbons (Fsp3) is 1.00. The third-order valence-electron chi connectivity index (χ3n) is 2.53. The van der Waals surface area contributed by atoms with Crippen molar-refractivity contribution in [3.8, 4) is 0 Å². The molecule has 0 nitrogen and oxygen atoms in total. The molecule has 0 aliphatic rings. The van der Waals surface area contributed by atoms with E-state index in [1.165, 1.54) is 68.6 Å². The Hall–Kier alpha value is 1.17. The number of thiol groups is 1. The summed E-state index contributed by atoms with van der Waals surface area (Å²) in [6.07, 6.45) is 14.7. The van der Waals surface area contributed by atoms with E-state index in [2.05, 4.69) is 6.92 Å². The Morgan fingerprint density at radius 3 is 1.36 bits per heavy atom. The Morgan fingerprint density at radius 2 is 1.00 bits per heavy atom. The van der Waals surface area contributed by atoms with Crippen LogP contribution in [0.2, 0.25) is 4.37 Å². The molecule has 87 valence electrons. The molecule has 14 heavy (non-hydrogen) atoms. The fourth-order valence-electron chi connectivity index (χ4n) is 1.61. The summed E-state index contributed by atoms with van der Waals surface area (Å²) in [5.74, 6) is 0. The van der Waals surface area contributed by atoms with Crippen molar-refractivity contribution in [1.82, 2.24) is 0 Å². The molecule has 0 saturated carbocycles. The van der Waals surface area contributed by atoms with Crippen LogP contribution in [0.5, 0.6) is 0 Å². The van der Waals surface area contributed by atoms with E-state index in [4.69, 9.17) is 0 Å². The van der Waals surface area contributed by atoms with Crippen molar-refractivity contribution >= 4 is 36.5 Å². The van der Waals surface area contributed by atoms with Crippen molar-refractivity contribution < 1.29 is 0 Å². The Labute approximate surface area is 112 Å². The molecule has 2 heteroatoms. The SMILES string of the molecule is CCCCCCCCCCC[CH2][SbH].[SH-]. The first-order valence-corrected chi connectivity index (χ1v) is 8.08. The molecule has 0 rings (SSSR count). The number of hydrogen-bond donors (Lipinski definition) is 0. The van der Waals surface area contributed by atoms with Gasteiger partial charge in [0.05, 0.1) is 0 Å². The summed E-state index contributed by atoms with van der Waals surface area (Å²) < 4.78 is 1.46. The second kappa shape index (κ2) is 16.6. The van der Waals surface area contributed by atoms with E-state index in [-0.39, 0.29) is 13.5 Å². The molecule has 0 aromatic heterocycles. The average molecular weight is 325 g/mol. The second-order valence-electron chi connectivity index (χ2n) is 3.93. The van der Waals surface area contributed by atoms with Crippen molar-refractivity contribution in [2.45, 2.75) is 75.5 Å². The quantitative estimate of drug-likeness (QED) is 0.254. The van der Waals surface area contributed by atoms with Gasteiger partial charge in [-0.2, -0.15) is 0 Å². The van der Waals surface area contributed by atoms with Crippen LogP contribution in [-0.4, -0.2) is 23.0 Å². The summed E-state index contributed by atoms with van der Waals surface area (Å²) in [5, 5.41) is 0. The summed E-state index contributed by atoms with van der Waals surface area (Å²) in [4.78, 5) is 0. The van der Waals surface area contributed by atoms with Gasteiger partial charge in [0, 0.05) is 0 Å². The zero-order valence-electron chi connectivity index (χ0n) is 9.73. The van der Waals surface area contributed by atoms with Crippen molar-refractivity contribution in [2.75, 3.05) is 0 Å². The zero-order chi connectivity index (χ0) is 9.78. The molecule has 0 fully saturated rings. The monoisotopic (exact) mass is 324 g/mol. The normalized spacial score (nSPS) is 9.86. The van der Waals surface area contributed by atoms with Gasteiger partial charge in [-0.1, -0.05) is 0 Å². The molecule has 0 amide bonds. The maximum absolute atomic E-state index is 2.28. The molecule has 0 spiro atoms. The molecule has 0 heterocycles. The molecule has 1 radical (unpaired) electrons. The summed E-state index contributed by atoms with van der Waals surface area (Å²) in [5.41, 5.74) is 0. The van der Waals surface area contributed by atoms with Crippen LogP contribution in [0.4, 0.5) is 0 Å². The van der Waals surface area contributed by atoms with Crippen LogP contribution in [0.1, 0.15) is 71.1 Å². The van der Waals surface area contributed by atoms with Gasteiger partial charge in [-0.3, -0.25) is 0 Å². The van der Waals surface area contributed by atoms with Crippen LogP contribution in [0.15, 0.2) is 0 Å². The summed E-state index contributed by atoms with van der Waals surface area (Å²) in [6.45, 7) is 2.28. The van der Waals surface area contributed by atoms with Crippen LogP contribution >= 0.6 is 0 Å². The third kappa shape index (κ3) is 15.6. The number of hydrogen-bond acceptors (Lipinski definition) is 1. The van der Waals surface area contributed by atoms with Gasteiger partial charge in [0.2, 0.25) is 0 Å². The average Bonchev–Trinajstić information content (AvgIpc) is 2.16. The van der Waals surface area contributed by atoms with E-state index in [9.17, 15) is 0 Å². The van der Waals surface area contributed by atoms with Gasteiger partial charge in [0.25, 0.3) is 0 Å². The molecule has 0 aromatic rings. The molecule has 0 saturated heterocycles. The van der Waals surface area contributed by atoms with Crippen molar-refractivity contribution in [3.63, 3.8) is 0 Å². The Kier molecular flexibility index (Phi) is 20.8. The largest absolute Gasteiger partial charge is 0.813 e. The molecule has 0 aromatic carbocycles. The van der Waals surface area contributed by atoms with Gasteiger partial charge in [-0.05, 0) is 0 Å². The van der Waals surface area contributed by atoms with E-state index in [0.717, 1.165) is 0 Å². The van der Waals surface area contributed by atoms with E-state index in [1.807, 2.05) is 0 Å². The molecule has 0 aliphatic heterocycles.